The van der Waals surface area contributed by atoms with Gasteiger partial charge >= 0.3 is 0 Å². The highest BCUT2D eigenvalue weighted by Gasteiger charge is 2.18. The Hall–Kier alpha value is -2.40. The Morgan fingerprint density at radius 2 is 0.547 bits per heavy atom. The predicted octanol–water partition coefficient (Wildman–Crippen LogP) is -1.65. The number of halogens is 4. The van der Waals surface area contributed by atoms with Crippen LogP contribution in [0.25, 0.3) is 46.4 Å². The monoisotopic (exact) mass is 963 g/mol. The van der Waals surface area contributed by atoms with Gasteiger partial charge in [0.2, 0.25) is 0 Å². The Bertz CT molecular complexity index is 1970. The maximum absolute atomic E-state index is 5.51. The van der Waals surface area contributed by atoms with Gasteiger partial charge in [0.1, 0.15) is 0 Å². The van der Waals surface area contributed by atoms with E-state index in [1.54, 1.807) is 0 Å². The van der Waals surface area contributed by atoms with Gasteiger partial charge in [-0.2, -0.15) is 0 Å². The number of nitrogens with zero attached hydrogens (tertiary/aromatic N) is 6. The van der Waals surface area contributed by atoms with Crippen molar-refractivity contribution >= 4 is 46.4 Å². The van der Waals surface area contributed by atoms with E-state index in [0.29, 0.717) is 0 Å². The number of rotatable bonds is 24. The van der Waals surface area contributed by atoms with Gasteiger partial charge in [-0.1, -0.05) is 0 Å². The van der Waals surface area contributed by atoms with E-state index in [1.807, 2.05) is 0 Å². The number of fused-ring (bicyclic) bond motifs is 8. The van der Waals surface area contributed by atoms with Crippen LogP contribution in [-0.2, 0) is 25.7 Å². The van der Waals surface area contributed by atoms with E-state index < -0.39 is 0 Å². The molecular weight excluding hydrogens is 878 g/mol. The van der Waals surface area contributed by atoms with Crippen LogP contribution in [-0.4, -0.2) is 149 Å². The molecule has 2 aliphatic heterocycles. The first-order valence-electron chi connectivity index (χ1n) is 23.6. The van der Waals surface area contributed by atoms with Crippen LogP contribution < -0.4 is 49.6 Å². The molecule has 0 aromatic carbocycles. The molecule has 0 radical (unpaired) electrons. The molecule has 12 heteroatoms. The smallest absolute Gasteiger partial charge is 0.0780 e. The molecule has 8 nitrogen and oxygen atoms in total. The fourth-order valence-corrected chi connectivity index (χ4v) is 8.75. The van der Waals surface area contributed by atoms with E-state index in [2.05, 4.69) is 143 Å². The van der Waals surface area contributed by atoms with Gasteiger partial charge < -0.3 is 77.5 Å². The van der Waals surface area contributed by atoms with Gasteiger partial charge in [-0.15, -0.1) is 0 Å². The zero-order valence-corrected chi connectivity index (χ0v) is 45.0. The second-order valence-corrected chi connectivity index (χ2v) is 22.2. The van der Waals surface area contributed by atoms with Crippen molar-refractivity contribution in [3.05, 3.63) is 69.3 Å². The fourth-order valence-electron chi connectivity index (χ4n) is 8.75. The zero-order valence-electron chi connectivity index (χ0n) is 42.0. The van der Waals surface area contributed by atoms with Crippen molar-refractivity contribution in [2.24, 2.45) is 0 Å². The number of aryl methyl sites for hydroxylation is 3. The molecule has 0 spiro atoms. The molecule has 0 saturated carbocycles. The Morgan fingerprint density at radius 1 is 0.312 bits per heavy atom. The van der Waals surface area contributed by atoms with Gasteiger partial charge in [0.05, 0.1) is 134 Å². The Balaban J connectivity index is 0.00000512. The van der Waals surface area contributed by atoms with Crippen LogP contribution in [0.4, 0.5) is 0 Å². The van der Waals surface area contributed by atoms with Crippen LogP contribution >= 0.6 is 0 Å². The van der Waals surface area contributed by atoms with E-state index in [0.717, 1.165) is 85.7 Å². The molecule has 2 aliphatic rings. The first-order chi connectivity index (χ1) is 28.2. The fraction of sp³-hybridized carbons (Fsp3) is 0.615. The normalized spacial score (nSPS) is 12.7. The van der Waals surface area contributed by atoms with Crippen molar-refractivity contribution in [3.8, 4) is 0 Å². The van der Waals surface area contributed by atoms with Crippen LogP contribution in [0.15, 0.2) is 24.3 Å². The third-order valence-corrected chi connectivity index (χ3v) is 12.2. The molecule has 0 aliphatic carbocycles. The van der Waals surface area contributed by atoms with Gasteiger partial charge in [-0.3, -0.25) is 0 Å². The van der Waals surface area contributed by atoms with Crippen LogP contribution in [0.2, 0.25) is 0 Å². The largest absolute Gasteiger partial charge is 1.00 e. The van der Waals surface area contributed by atoms with E-state index in [9.17, 15) is 0 Å². The lowest BCUT2D eigenvalue weighted by atomic mass is 10.0. The van der Waals surface area contributed by atoms with Gasteiger partial charge in [0, 0.05) is 38.8 Å². The lowest BCUT2D eigenvalue weighted by Gasteiger charge is -2.23. The second kappa shape index (κ2) is 26.8. The highest BCUT2D eigenvalue weighted by Crippen LogP contribution is 2.30. The van der Waals surface area contributed by atoms with Crippen molar-refractivity contribution in [2.75, 3.05) is 111 Å². The van der Waals surface area contributed by atoms with E-state index >= 15 is 0 Å². The number of H-pyrrole nitrogens is 2. The number of hydrogen-bond donors (Lipinski definition) is 2. The number of nitrogens with one attached hydrogen (secondary N) is 2. The Labute approximate surface area is 414 Å². The van der Waals surface area contributed by atoms with E-state index in [1.165, 1.54) is 128 Å². The summed E-state index contributed by atoms with van der Waals surface area (Å²) in [5.41, 5.74) is 14.6. The molecule has 0 saturated heterocycles. The third kappa shape index (κ3) is 19.8. The first kappa shape index (κ1) is 59.6. The van der Waals surface area contributed by atoms with Gasteiger partial charge in [-0.25, -0.2) is 9.97 Å². The molecule has 8 bridgehead atoms. The Kier molecular flexibility index (Phi) is 25.0. The molecule has 0 fully saturated rings. The van der Waals surface area contributed by atoms with Gasteiger partial charge in [0.25, 0.3) is 0 Å². The highest BCUT2D eigenvalue weighted by molar-refractivity contribution is 5.83. The summed E-state index contributed by atoms with van der Waals surface area (Å²) < 4.78 is 4.06. The summed E-state index contributed by atoms with van der Waals surface area (Å²) >= 11 is 0. The molecule has 2 N–H and O–H groups in total. The van der Waals surface area contributed by atoms with Crippen LogP contribution in [0.3, 0.4) is 0 Å². The summed E-state index contributed by atoms with van der Waals surface area (Å²) in [5.74, 6) is 0. The second-order valence-electron chi connectivity index (χ2n) is 22.2. The molecule has 3 aromatic rings. The molecule has 5 heterocycles. The molecule has 64 heavy (non-hydrogen) atoms. The maximum Gasteiger partial charge on any atom is 0.0780 e. The number of hydrogen-bond acceptors (Lipinski definition) is 2. The maximum atomic E-state index is 5.51. The van der Waals surface area contributed by atoms with Crippen LogP contribution in [0.5, 0.6) is 0 Å². The first-order valence-corrected chi connectivity index (χ1v) is 23.6. The minimum absolute atomic E-state index is 0. The molecule has 0 amide bonds. The van der Waals surface area contributed by atoms with Crippen molar-refractivity contribution in [2.45, 2.75) is 103 Å². The number of quaternary nitrogens is 4. The summed E-state index contributed by atoms with van der Waals surface area (Å²) in [7, 11) is 27.6. The highest BCUT2D eigenvalue weighted by atomic mass is 35.5. The lowest BCUT2D eigenvalue weighted by molar-refractivity contribution is -0.870. The van der Waals surface area contributed by atoms with Crippen molar-refractivity contribution < 1.29 is 67.6 Å². The average Bonchev–Trinajstić information content (AvgIpc) is 3.97. The molecular formula is C52H86Cl4N8. The number of aromatic amines is 2. The van der Waals surface area contributed by atoms with Crippen molar-refractivity contribution in [3.63, 3.8) is 0 Å². The quantitative estimate of drug-likeness (QED) is 0.0577. The van der Waals surface area contributed by atoms with Gasteiger partial charge in [-0.05, 0) is 157 Å². The average molecular weight is 965 g/mol. The predicted molar refractivity (Wildman–Crippen MR) is 261 cm³/mol. The summed E-state index contributed by atoms with van der Waals surface area (Å²) in [6.45, 7) is 4.79. The summed E-state index contributed by atoms with van der Waals surface area (Å²) in [6, 6.07) is 9.35. The van der Waals surface area contributed by atoms with E-state index in [-0.39, 0.29) is 49.6 Å². The number of unbranched alkanes of at least 4 members (excludes halogenated alkanes) is 8. The number of aromatic nitrogens is 4. The Morgan fingerprint density at radius 3 is 0.828 bits per heavy atom. The summed E-state index contributed by atoms with van der Waals surface area (Å²) in [4.78, 5) is 19.0. The minimum atomic E-state index is 0. The molecule has 3 aromatic heterocycles. The third-order valence-electron chi connectivity index (χ3n) is 12.2. The summed E-state index contributed by atoms with van der Waals surface area (Å²) in [5, 5.41) is 0. The minimum Gasteiger partial charge on any atom is -1.00 e. The van der Waals surface area contributed by atoms with Crippen molar-refractivity contribution in [1.82, 2.24) is 19.9 Å². The topological polar surface area (TPSA) is 57.4 Å². The SMILES string of the molecule is C[N+](C)(C)CCCCCc1c2nc(c(CCCCC[N+](C)(C)C)c3ccc([nH]3)c(CCCCC[N+](C)(C)C)c3ccc([nH]3)c(CCCCC[N+](C)(C)C)c3nc1C=C3)C=C2.[Cl-].[Cl-].[Cl-].[Cl-]. The molecule has 5 rings (SSSR count). The van der Waals surface area contributed by atoms with Crippen LogP contribution in [0, 0.1) is 0 Å². The summed E-state index contributed by atoms with van der Waals surface area (Å²) in [6.07, 6.45) is 27.6. The molecule has 0 unspecified atom stereocenters. The standard InChI is InChI=1S/C52H86N8.4ClH/c1-57(2,3)37-21-13-17-25-41-45-29-31-47(53-45)42(26-18-14-22-38-58(4,5)6)49-33-35-51(55-49)44(28-20-16-24-40-60(10,11)12)52-36-34-50(56-52)43(48-32-30-46(41)54-48)27-19-15-23-39-59(7,8)9;;;;/h29-36,53-54H,13-28,37-40H2,1-12H3;4*1H/q+4;;;;/p-4. The van der Waals surface area contributed by atoms with Crippen molar-refractivity contribution in [1.29, 1.82) is 0 Å². The zero-order chi connectivity index (χ0) is 43.6. The molecule has 362 valence electrons. The molecule has 0 atom stereocenters. The lowest BCUT2D eigenvalue weighted by Crippen LogP contribution is -3.00. The van der Waals surface area contributed by atoms with Crippen LogP contribution in [0.1, 0.15) is 122 Å². The van der Waals surface area contributed by atoms with Gasteiger partial charge in [0.15, 0.2) is 0 Å². The van der Waals surface area contributed by atoms with E-state index in [4.69, 9.17) is 9.97 Å².